The summed E-state index contributed by atoms with van der Waals surface area (Å²) in [7, 11) is 0. The van der Waals surface area contributed by atoms with E-state index in [1.54, 1.807) is 12.1 Å². The Balaban J connectivity index is 3.04. The third kappa shape index (κ3) is 5.10. The minimum atomic E-state index is -0.238. The maximum absolute atomic E-state index is 12.1. The van der Waals surface area contributed by atoms with Crippen molar-refractivity contribution in [2.45, 2.75) is 33.2 Å². The number of rotatable bonds is 8. The molecule has 0 saturated heterocycles. The molecule has 5 nitrogen and oxygen atoms in total. The van der Waals surface area contributed by atoms with E-state index in [1.165, 1.54) is 0 Å². The predicted octanol–water partition coefficient (Wildman–Crippen LogP) is 2.60. The predicted molar refractivity (Wildman–Crippen MR) is 84.4 cm³/mol. The summed E-state index contributed by atoms with van der Waals surface area (Å²) >= 11 is 6.21. The number of nitrogens with two attached hydrogens (primary N) is 1. The first-order chi connectivity index (χ1) is 10.0. The first kappa shape index (κ1) is 17.6. The quantitative estimate of drug-likeness (QED) is 0.773. The smallest absolute Gasteiger partial charge is 0.251 e. The molecule has 0 aromatic heterocycles. The SMILES string of the molecule is CCCOc1c(Cl)cc(C(=O)N[C@@H](C)CN)cc1OCC. The summed E-state index contributed by atoms with van der Waals surface area (Å²) in [5, 5.41) is 3.15. The maximum atomic E-state index is 12.1. The molecule has 0 aliphatic rings. The summed E-state index contributed by atoms with van der Waals surface area (Å²) < 4.78 is 11.1. The van der Waals surface area contributed by atoms with E-state index in [1.807, 2.05) is 20.8 Å². The minimum absolute atomic E-state index is 0.108. The Hall–Kier alpha value is -1.46. The molecule has 0 bridgehead atoms. The van der Waals surface area contributed by atoms with Gasteiger partial charge < -0.3 is 20.5 Å². The van der Waals surface area contributed by atoms with Crippen LogP contribution in [0.5, 0.6) is 11.5 Å². The summed E-state index contributed by atoms with van der Waals surface area (Å²) in [6, 6.07) is 3.11. The Kier molecular flexibility index (Phi) is 7.32. The van der Waals surface area contributed by atoms with Crippen LogP contribution >= 0.6 is 11.6 Å². The Labute approximate surface area is 130 Å². The average molecular weight is 315 g/mol. The van der Waals surface area contributed by atoms with E-state index < -0.39 is 0 Å². The summed E-state index contributed by atoms with van der Waals surface area (Å²) in [6.07, 6.45) is 0.859. The van der Waals surface area contributed by atoms with Gasteiger partial charge in [-0.15, -0.1) is 0 Å². The molecule has 1 amide bonds. The number of hydrogen-bond acceptors (Lipinski definition) is 4. The lowest BCUT2D eigenvalue weighted by Gasteiger charge is -2.16. The summed E-state index contributed by atoms with van der Waals surface area (Å²) in [5.74, 6) is 0.714. The minimum Gasteiger partial charge on any atom is -0.490 e. The van der Waals surface area contributed by atoms with Gasteiger partial charge in [-0.25, -0.2) is 0 Å². The van der Waals surface area contributed by atoms with Gasteiger partial charge in [0, 0.05) is 18.2 Å². The van der Waals surface area contributed by atoms with Gasteiger partial charge in [0.2, 0.25) is 0 Å². The third-order valence-corrected chi connectivity index (χ3v) is 3.03. The lowest BCUT2D eigenvalue weighted by molar-refractivity contribution is 0.0940. The third-order valence-electron chi connectivity index (χ3n) is 2.75. The second kappa shape index (κ2) is 8.74. The van der Waals surface area contributed by atoms with Gasteiger partial charge in [0.25, 0.3) is 5.91 Å². The molecule has 21 heavy (non-hydrogen) atoms. The van der Waals surface area contributed by atoms with Gasteiger partial charge in [0.05, 0.1) is 18.2 Å². The Morgan fingerprint density at radius 2 is 2.10 bits per heavy atom. The standard InChI is InChI=1S/C15H23ClN2O3/c1-4-6-21-14-12(16)7-11(8-13(14)20-5-2)15(19)18-10(3)9-17/h7-8,10H,4-6,9,17H2,1-3H3,(H,18,19)/t10-/m0/s1. The number of amides is 1. The largest absolute Gasteiger partial charge is 0.490 e. The molecular formula is C15H23ClN2O3. The highest BCUT2D eigenvalue weighted by molar-refractivity contribution is 6.32. The summed E-state index contributed by atoms with van der Waals surface area (Å²) in [5.41, 5.74) is 5.92. The number of carbonyl (C=O) groups is 1. The normalized spacial score (nSPS) is 11.9. The van der Waals surface area contributed by atoms with Crippen LogP contribution in [0.3, 0.4) is 0 Å². The molecule has 1 aromatic rings. The van der Waals surface area contributed by atoms with E-state index in [0.29, 0.717) is 41.8 Å². The van der Waals surface area contributed by atoms with Gasteiger partial charge >= 0.3 is 0 Å². The molecule has 0 spiro atoms. The molecule has 1 atom stereocenters. The van der Waals surface area contributed by atoms with E-state index in [0.717, 1.165) is 6.42 Å². The first-order valence-corrected chi connectivity index (χ1v) is 7.51. The van der Waals surface area contributed by atoms with Crippen molar-refractivity contribution in [2.24, 2.45) is 5.73 Å². The number of carbonyl (C=O) groups excluding carboxylic acids is 1. The van der Waals surface area contributed by atoms with Crippen molar-refractivity contribution >= 4 is 17.5 Å². The van der Waals surface area contributed by atoms with Crippen LogP contribution in [-0.4, -0.2) is 31.7 Å². The summed E-state index contributed by atoms with van der Waals surface area (Å²) in [4.78, 5) is 12.1. The maximum Gasteiger partial charge on any atom is 0.251 e. The Morgan fingerprint density at radius 3 is 2.67 bits per heavy atom. The molecule has 0 aliphatic heterocycles. The molecule has 118 valence electrons. The Bertz CT molecular complexity index is 480. The average Bonchev–Trinajstić information content (AvgIpc) is 2.46. The van der Waals surface area contributed by atoms with Crippen LogP contribution in [0.15, 0.2) is 12.1 Å². The van der Waals surface area contributed by atoms with Crippen molar-refractivity contribution < 1.29 is 14.3 Å². The first-order valence-electron chi connectivity index (χ1n) is 7.13. The number of ether oxygens (including phenoxy) is 2. The molecular weight excluding hydrogens is 292 g/mol. The highest BCUT2D eigenvalue weighted by Crippen LogP contribution is 2.36. The zero-order valence-electron chi connectivity index (χ0n) is 12.7. The van der Waals surface area contributed by atoms with Gasteiger partial charge in [0.1, 0.15) is 0 Å². The fourth-order valence-corrected chi connectivity index (χ4v) is 1.94. The van der Waals surface area contributed by atoms with Crippen molar-refractivity contribution in [2.75, 3.05) is 19.8 Å². The lowest BCUT2D eigenvalue weighted by atomic mass is 10.1. The zero-order valence-corrected chi connectivity index (χ0v) is 13.5. The van der Waals surface area contributed by atoms with Crippen LogP contribution in [0.4, 0.5) is 0 Å². The van der Waals surface area contributed by atoms with Crippen molar-refractivity contribution in [3.63, 3.8) is 0 Å². The number of hydrogen-bond donors (Lipinski definition) is 2. The second-order valence-corrected chi connectivity index (χ2v) is 5.08. The molecule has 0 radical (unpaired) electrons. The van der Waals surface area contributed by atoms with Gasteiger partial charge in [-0.3, -0.25) is 4.79 Å². The molecule has 1 rings (SSSR count). The molecule has 0 heterocycles. The van der Waals surface area contributed by atoms with Crippen LogP contribution < -0.4 is 20.5 Å². The Morgan fingerprint density at radius 1 is 1.38 bits per heavy atom. The fraction of sp³-hybridized carbons (Fsp3) is 0.533. The van der Waals surface area contributed by atoms with E-state index in [2.05, 4.69) is 5.32 Å². The lowest BCUT2D eigenvalue weighted by Crippen LogP contribution is -2.37. The molecule has 0 fully saturated rings. The van der Waals surface area contributed by atoms with E-state index in [4.69, 9.17) is 26.8 Å². The highest BCUT2D eigenvalue weighted by atomic mass is 35.5. The van der Waals surface area contributed by atoms with Crippen molar-refractivity contribution in [3.8, 4) is 11.5 Å². The number of nitrogens with one attached hydrogen (secondary N) is 1. The fourth-order valence-electron chi connectivity index (χ4n) is 1.67. The van der Waals surface area contributed by atoms with Gasteiger partial charge in [-0.1, -0.05) is 18.5 Å². The monoisotopic (exact) mass is 314 g/mol. The second-order valence-electron chi connectivity index (χ2n) is 4.68. The van der Waals surface area contributed by atoms with Crippen LogP contribution in [0.2, 0.25) is 5.02 Å². The van der Waals surface area contributed by atoms with Gasteiger partial charge in [0.15, 0.2) is 11.5 Å². The van der Waals surface area contributed by atoms with Crippen LogP contribution in [0, 0.1) is 0 Å². The van der Waals surface area contributed by atoms with E-state index >= 15 is 0 Å². The molecule has 0 unspecified atom stereocenters. The zero-order chi connectivity index (χ0) is 15.8. The van der Waals surface area contributed by atoms with Gasteiger partial charge in [-0.05, 0) is 32.4 Å². The molecule has 6 heteroatoms. The van der Waals surface area contributed by atoms with Crippen LogP contribution in [-0.2, 0) is 0 Å². The van der Waals surface area contributed by atoms with E-state index in [-0.39, 0.29) is 11.9 Å². The number of halogens is 1. The molecule has 0 saturated carbocycles. The van der Waals surface area contributed by atoms with Crippen molar-refractivity contribution in [1.82, 2.24) is 5.32 Å². The topological polar surface area (TPSA) is 73.6 Å². The van der Waals surface area contributed by atoms with Gasteiger partial charge in [-0.2, -0.15) is 0 Å². The van der Waals surface area contributed by atoms with Crippen molar-refractivity contribution in [3.05, 3.63) is 22.7 Å². The van der Waals surface area contributed by atoms with Crippen LogP contribution in [0.1, 0.15) is 37.6 Å². The molecule has 3 N–H and O–H groups in total. The van der Waals surface area contributed by atoms with E-state index in [9.17, 15) is 4.79 Å². The summed E-state index contributed by atoms with van der Waals surface area (Å²) in [6.45, 7) is 7.07. The highest BCUT2D eigenvalue weighted by Gasteiger charge is 2.17. The van der Waals surface area contributed by atoms with Crippen molar-refractivity contribution in [1.29, 1.82) is 0 Å². The molecule has 1 aromatic carbocycles. The van der Waals surface area contributed by atoms with Crippen LogP contribution in [0.25, 0.3) is 0 Å². The number of benzene rings is 1. The molecule has 0 aliphatic carbocycles.